The minimum Gasteiger partial charge on any atom is -0.492 e. The molecule has 0 aliphatic rings. The number of para-hydroxylation sites is 1. The van der Waals surface area contributed by atoms with Crippen LogP contribution in [0.4, 0.5) is 5.69 Å². The molecule has 0 unspecified atom stereocenters. The SMILES string of the molecule is O=C(Nc1ccc(Oc2ccccc2)cc1)c1ccc(OCCc2ccccc2)c(Br)c1. The van der Waals surface area contributed by atoms with Crippen LogP contribution in [0.25, 0.3) is 0 Å². The summed E-state index contributed by atoms with van der Waals surface area (Å²) < 4.78 is 12.4. The van der Waals surface area contributed by atoms with Gasteiger partial charge in [0.2, 0.25) is 0 Å². The summed E-state index contributed by atoms with van der Waals surface area (Å²) in [5.41, 5.74) is 2.45. The molecule has 0 heterocycles. The molecular weight excluding hydrogens is 466 g/mol. The Morgan fingerprint density at radius 3 is 2.12 bits per heavy atom. The number of ether oxygens (including phenoxy) is 2. The van der Waals surface area contributed by atoms with E-state index in [2.05, 4.69) is 33.4 Å². The molecule has 1 amide bonds. The van der Waals surface area contributed by atoms with Gasteiger partial charge in [0.05, 0.1) is 11.1 Å². The molecule has 0 aliphatic heterocycles. The maximum atomic E-state index is 12.6. The third kappa shape index (κ3) is 5.99. The van der Waals surface area contributed by atoms with E-state index in [1.54, 1.807) is 18.2 Å². The van der Waals surface area contributed by atoms with Gasteiger partial charge in [-0.25, -0.2) is 0 Å². The van der Waals surface area contributed by atoms with Crippen molar-refractivity contribution in [3.05, 3.63) is 119 Å². The van der Waals surface area contributed by atoms with Crippen molar-refractivity contribution < 1.29 is 14.3 Å². The Morgan fingerprint density at radius 1 is 0.781 bits per heavy atom. The van der Waals surface area contributed by atoms with Crippen LogP contribution in [0.1, 0.15) is 15.9 Å². The monoisotopic (exact) mass is 487 g/mol. The lowest BCUT2D eigenvalue weighted by Gasteiger charge is -2.11. The van der Waals surface area contributed by atoms with Gasteiger partial charge in [-0.05, 0) is 76.1 Å². The van der Waals surface area contributed by atoms with E-state index < -0.39 is 0 Å². The summed E-state index contributed by atoms with van der Waals surface area (Å²) >= 11 is 3.51. The largest absolute Gasteiger partial charge is 0.492 e. The highest BCUT2D eigenvalue weighted by Crippen LogP contribution is 2.27. The maximum Gasteiger partial charge on any atom is 0.255 e. The number of anilines is 1. The van der Waals surface area contributed by atoms with Crippen molar-refractivity contribution in [2.75, 3.05) is 11.9 Å². The first-order valence-corrected chi connectivity index (χ1v) is 11.1. The van der Waals surface area contributed by atoms with E-state index in [9.17, 15) is 4.79 Å². The summed E-state index contributed by atoms with van der Waals surface area (Å²) in [6, 6.07) is 32.3. The molecule has 0 radical (unpaired) electrons. The van der Waals surface area contributed by atoms with Gasteiger partial charge in [-0.15, -0.1) is 0 Å². The van der Waals surface area contributed by atoms with Crippen molar-refractivity contribution in [3.8, 4) is 17.2 Å². The standard InChI is InChI=1S/C27H22BrNO3/c28-25-19-21(11-16-26(25)31-18-17-20-7-3-1-4-8-20)27(30)29-22-12-14-24(15-13-22)32-23-9-5-2-6-10-23/h1-16,19H,17-18H2,(H,29,30). The van der Waals surface area contributed by atoms with Crippen LogP contribution in [0.3, 0.4) is 0 Å². The minimum absolute atomic E-state index is 0.196. The second-order valence-electron chi connectivity index (χ2n) is 7.12. The van der Waals surface area contributed by atoms with Crippen LogP contribution in [-0.2, 0) is 6.42 Å². The predicted molar refractivity (Wildman–Crippen MR) is 131 cm³/mol. The van der Waals surface area contributed by atoms with Gasteiger partial charge in [0.25, 0.3) is 5.91 Å². The molecule has 4 nitrogen and oxygen atoms in total. The number of carbonyl (C=O) groups excluding carboxylic acids is 1. The summed E-state index contributed by atoms with van der Waals surface area (Å²) in [4.78, 5) is 12.6. The number of rotatable bonds is 8. The van der Waals surface area contributed by atoms with E-state index in [0.29, 0.717) is 29.4 Å². The van der Waals surface area contributed by atoms with E-state index in [1.165, 1.54) is 5.56 Å². The molecule has 0 saturated heterocycles. The summed E-state index contributed by atoms with van der Waals surface area (Å²) in [5.74, 6) is 1.98. The number of benzene rings is 4. The topological polar surface area (TPSA) is 47.6 Å². The Hall–Kier alpha value is -3.57. The summed E-state index contributed by atoms with van der Waals surface area (Å²) in [7, 11) is 0. The van der Waals surface area contributed by atoms with Gasteiger partial charge in [-0.3, -0.25) is 4.79 Å². The van der Waals surface area contributed by atoms with Crippen LogP contribution in [0.15, 0.2) is 108 Å². The summed E-state index contributed by atoms with van der Waals surface area (Å²) in [6.45, 7) is 0.561. The molecule has 4 rings (SSSR count). The Kier molecular flexibility index (Phi) is 7.20. The zero-order chi connectivity index (χ0) is 22.2. The second-order valence-corrected chi connectivity index (χ2v) is 7.98. The zero-order valence-electron chi connectivity index (χ0n) is 17.3. The van der Waals surface area contributed by atoms with Crippen LogP contribution in [0, 0.1) is 0 Å². The van der Waals surface area contributed by atoms with E-state index in [1.807, 2.05) is 72.8 Å². The van der Waals surface area contributed by atoms with Crippen LogP contribution in [-0.4, -0.2) is 12.5 Å². The van der Waals surface area contributed by atoms with Gasteiger partial charge >= 0.3 is 0 Å². The van der Waals surface area contributed by atoms with E-state index in [4.69, 9.17) is 9.47 Å². The van der Waals surface area contributed by atoms with Crippen molar-refractivity contribution in [2.24, 2.45) is 0 Å². The fourth-order valence-corrected chi connectivity index (χ4v) is 3.61. The second kappa shape index (κ2) is 10.6. The highest BCUT2D eigenvalue weighted by Gasteiger charge is 2.10. The zero-order valence-corrected chi connectivity index (χ0v) is 18.9. The molecule has 160 valence electrons. The highest BCUT2D eigenvalue weighted by atomic mass is 79.9. The Balaban J connectivity index is 1.32. The number of hydrogen-bond acceptors (Lipinski definition) is 3. The van der Waals surface area contributed by atoms with Crippen molar-refractivity contribution >= 4 is 27.5 Å². The number of halogens is 1. The fourth-order valence-electron chi connectivity index (χ4n) is 3.12. The lowest BCUT2D eigenvalue weighted by atomic mass is 10.1. The van der Waals surface area contributed by atoms with E-state index >= 15 is 0 Å². The first-order valence-electron chi connectivity index (χ1n) is 10.3. The van der Waals surface area contributed by atoms with Crippen molar-refractivity contribution in [2.45, 2.75) is 6.42 Å². The maximum absolute atomic E-state index is 12.6. The summed E-state index contributed by atoms with van der Waals surface area (Å²) in [6.07, 6.45) is 0.819. The fraction of sp³-hybridized carbons (Fsp3) is 0.0741. The molecule has 5 heteroatoms. The Bertz CT molecular complexity index is 1160. The van der Waals surface area contributed by atoms with Crippen LogP contribution in [0.5, 0.6) is 17.2 Å². The van der Waals surface area contributed by atoms with Crippen molar-refractivity contribution in [3.63, 3.8) is 0 Å². The number of amides is 1. The molecule has 0 spiro atoms. The van der Waals surface area contributed by atoms with Gasteiger partial charge in [-0.1, -0.05) is 48.5 Å². The average Bonchev–Trinajstić information content (AvgIpc) is 2.83. The minimum atomic E-state index is -0.196. The van der Waals surface area contributed by atoms with E-state index in [-0.39, 0.29) is 5.91 Å². The van der Waals surface area contributed by atoms with Crippen molar-refractivity contribution in [1.29, 1.82) is 0 Å². The Morgan fingerprint density at radius 2 is 1.44 bits per heavy atom. The quantitative estimate of drug-likeness (QED) is 0.287. The third-order valence-electron chi connectivity index (χ3n) is 4.78. The Labute approximate surface area is 196 Å². The normalized spacial score (nSPS) is 10.4. The molecule has 32 heavy (non-hydrogen) atoms. The van der Waals surface area contributed by atoms with Crippen LogP contribution >= 0.6 is 15.9 Å². The molecule has 0 aromatic heterocycles. The van der Waals surface area contributed by atoms with E-state index in [0.717, 1.165) is 16.6 Å². The number of hydrogen-bond donors (Lipinski definition) is 1. The average molecular weight is 488 g/mol. The highest BCUT2D eigenvalue weighted by molar-refractivity contribution is 9.10. The molecule has 0 atom stereocenters. The van der Waals surface area contributed by atoms with Gasteiger partial charge in [0.1, 0.15) is 17.2 Å². The van der Waals surface area contributed by atoms with Gasteiger partial charge in [-0.2, -0.15) is 0 Å². The third-order valence-corrected chi connectivity index (χ3v) is 5.40. The molecule has 0 bridgehead atoms. The smallest absolute Gasteiger partial charge is 0.255 e. The molecule has 0 aliphatic carbocycles. The first-order chi connectivity index (χ1) is 15.7. The van der Waals surface area contributed by atoms with Crippen LogP contribution in [0.2, 0.25) is 0 Å². The number of carbonyl (C=O) groups is 1. The summed E-state index contributed by atoms with van der Waals surface area (Å²) in [5, 5.41) is 2.90. The van der Waals surface area contributed by atoms with Gasteiger partial charge in [0.15, 0.2) is 0 Å². The van der Waals surface area contributed by atoms with Gasteiger partial charge in [0, 0.05) is 17.7 Å². The van der Waals surface area contributed by atoms with Crippen molar-refractivity contribution in [1.82, 2.24) is 0 Å². The van der Waals surface area contributed by atoms with Gasteiger partial charge < -0.3 is 14.8 Å². The van der Waals surface area contributed by atoms with Crippen LogP contribution < -0.4 is 14.8 Å². The molecule has 4 aromatic carbocycles. The molecule has 1 N–H and O–H groups in total. The predicted octanol–water partition coefficient (Wildman–Crippen LogP) is 7.12. The lowest BCUT2D eigenvalue weighted by Crippen LogP contribution is -2.12. The molecule has 4 aromatic rings. The molecule has 0 saturated carbocycles. The lowest BCUT2D eigenvalue weighted by molar-refractivity contribution is 0.102. The number of nitrogens with one attached hydrogen (secondary N) is 1. The molecular formula is C27H22BrNO3. The first kappa shape index (κ1) is 21.7. The molecule has 0 fully saturated rings.